The first-order chi connectivity index (χ1) is 7.48. The fraction of sp³-hybridized carbons (Fsp3) is 0.571. The molecule has 88 valence electrons. The van der Waals surface area contributed by atoms with Gasteiger partial charge in [0.1, 0.15) is 0 Å². The van der Waals surface area contributed by atoms with Crippen LogP contribution in [-0.2, 0) is 0 Å². The number of rotatable bonds is 1. The summed E-state index contributed by atoms with van der Waals surface area (Å²) in [6.45, 7) is 8.15. The van der Waals surface area contributed by atoms with E-state index in [0.717, 1.165) is 5.69 Å². The Morgan fingerprint density at radius 2 is 1.81 bits per heavy atom. The first kappa shape index (κ1) is 11.3. The van der Waals surface area contributed by atoms with E-state index >= 15 is 0 Å². The molecule has 2 nitrogen and oxygen atoms in total. The molecule has 1 aliphatic rings. The Balaban J connectivity index is 2.23. The van der Waals surface area contributed by atoms with Gasteiger partial charge in [-0.2, -0.15) is 0 Å². The van der Waals surface area contributed by atoms with Gasteiger partial charge in [-0.25, -0.2) is 0 Å². The maximum atomic E-state index is 5.73. The largest absolute Gasteiger partial charge is 0.399 e. The van der Waals surface area contributed by atoms with E-state index in [4.69, 9.17) is 5.73 Å². The molecule has 0 bridgehead atoms. The topological polar surface area (TPSA) is 29.3 Å². The molecular weight excluding hydrogens is 196 g/mol. The van der Waals surface area contributed by atoms with Gasteiger partial charge in [0.2, 0.25) is 0 Å². The van der Waals surface area contributed by atoms with Crippen molar-refractivity contribution in [3.63, 3.8) is 0 Å². The van der Waals surface area contributed by atoms with Gasteiger partial charge in [0.25, 0.3) is 0 Å². The standard InChI is InChI=1S/C14H22N2/c1-14(2,3)13-5-4-10-16(13)12-8-6-11(15)7-9-12/h6-9,13H,4-5,10,15H2,1-3H3. The predicted octanol–water partition coefficient (Wildman–Crippen LogP) is 3.28. The van der Waals surface area contributed by atoms with E-state index in [9.17, 15) is 0 Å². The van der Waals surface area contributed by atoms with Crippen LogP contribution < -0.4 is 10.6 Å². The molecule has 16 heavy (non-hydrogen) atoms. The molecule has 1 aromatic rings. The lowest BCUT2D eigenvalue weighted by atomic mass is 9.85. The van der Waals surface area contributed by atoms with Crippen molar-refractivity contribution in [1.82, 2.24) is 0 Å². The van der Waals surface area contributed by atoms with Gasteiger partial charge in [-0.3, -0.25) is 0 Å². The van der Waals surface area contributed by atoms with Crippen molar-refractivity contribution in [3.05, 3.63) is 24.3 Å². The van der Waals surface area contributed by atoms with Crippen molar-refractivity contribution >= 4 is 11.4 Å². The summed E-state index contributed by atoms with van der Waals surface area (Å²) in [6.07, 6.45) is 2.60. The zero-order valence-corrected chi connectivity index (χ0v) is 10.5. The highest BCUT2D eigenvalue weighted by Gasteiger charge is 2.33. The molecule has 1 aliphatic heterocycles. The lowest BCUT2D eigenvalue weighted by Crippen LogP contribution is -2.39. The summed E-state index contributed by atoms with van der Waals surface area (Å²) in [6, 6.07) is 8.91. The second-order valence-electron chi connectivity index (χ2n) is 5.81. The molecule has 1 aromatic carbocycles. The Kier molecular flexibility index (Phi) is 2.83. The number of benzene rings is 1. The molecule has 2 N–H and O–H groups in total. The summed E-state index contributed by atoms with van der Waals surface area (Å²) in [4.78, 5) is 2.53. The Labute approximate surface area is 98.4 Å². The quantitative estimate of drug-likeness (QED) is 0.733. The minimum Gasteiger partial charge on any atom is -0.399 e. The first-order valence-corrected chi connectivity index (χ1v) is 6.10. The average molecular weight is 218 g/mol. The third kappa shape index (κ3) is 2.16. The Morgan fingerprint density at radius 1 is 1.19 bits per heavy atom. The zero-order valence-electron chi connectivity index (χ0n) is 10.5. The van der Waals surface area contributed by atoms with Crippen molar-refractivity contribution < 1.29 is 0 Å². The molecule has 2 heteroatoms. The van der Waals surface area contributed by atoms with E-state index in [1.165, 1.54) is 25.1 Å². The van der Waals surface area contributed by atoms with Crippen LogP contribution in [-0.4, -0.2) is 12.6 Å². The molecule has 1 heterocycles. The van der Waals surface area contributed by atoms with Gasteiger partial charge in [0, 0.05) is 24.0 Å². The summed E-state index contributed by atoms with van der Waals surface area (Å²) in [7, 11) is 0. The average Bonchev–Trinajstić information content (AvgIpc) is 2.66. The Morgan fingerprint density at radius 3 is 2.38 bits per heavy atom. The Bertz CT molecular complexity index is 348. The SMILES string of the molecule is CC(C)(C)C1CCCN1c1ccc(N)cc1. The normalized spacial score (nSPS) is 21.4. The lowest BCUT2D eigenvalue weighted by Gasteiger charge is -2.36. The summed E-state index contributed by atoms with van der Waals surface area (Å²) in [5.41, 5.74) is 8.23. The highest BCUT2D eigenvalue weighted by molar-refractivity contribution is 5.54. The van der Waals surface area contributed by atoms with Crippen LogP contribution >= 0.6 is 0 Å². The van der Waals surface area contributed by atoms with Gasteiger partial charge < -0.3 is 10.6 Å². The molecule has 0 radical (unpaired) electrons. The van der Waals surface area contributed by atoms with Crippen molar-refractivity contribution in [3.8, 4) is 0 Å². The number of hydrogen-bond donors (Lipinski definition) is 1. The number of nitrogen functional groups attached to an aromatic ring is 1. The third-order valence-corrected chi connectivity index (χ3v) is 3.48. The Hall–Kier alpha value is -1.18. The highest BCUT2D eigenvalue weighted by Crippen LogP contribution is 2.36. The van der Waals surface area contributed by atoms with Crippen LogP contribution in [0, 0.1) is 5.41 Å². The number of nitrogens with zero attached hydrogens (tertiary/aromatic N) is 1. The van der Waals surface area contributed by atoms with Crippen LogP contribution in [0.25, 0.3) is 0 Å². The maximum absolute atomic E-state index is 5.73. The van der Waals surface area contributed by atoms with Gasteiger partial charge in [0.15, 0.2) is 0 Å². The van der Waals surface area contributed by atoms with Crippen molar-refractivity contribution in [2.24, 2.45) is 5.41 Å². The smallest absolute Gasteiger partial charge is 0.0370 e. The van der Waals surface area contributed by atoms with Crippen LogP contribution in [0.1, 0.15) is 33.6 Å². The molecule has 0 amide bonds. The number of nitrogens with two attached hydrogens (primary N) is 1. The second kappa shape index (κ2) is 4.00. The summed E-state index contributed by atoms with van der Waals surface area (Å²) in [5, 5.41) is 0. The molecule has 0 aliphatic carbocycles. The number of anilines is 2. The van der Waals surface area contributed by atoms with Gasteiger partial charge in [-0.05, 0) is 42.5 Å². The maximum Gasteiger partial charge on any atom is 0.0370 e. The van der Waals surface area contributed by atoms with E-state index in [-0.39, 0.29) is 0 Å². The van der Waals surface area contributed by atoms with Crippen LogP contribution in [0.4, 0.5) is 11.4 Å². The van der Waals surface area contributed by atoms with Crippen molar-refractivity contribution in [1.29, 1.82) is 0 Å². The molecule has 1 fully saturated rings. The summed E-state index contributed by atoms with van der Waals surface area (Å²) >= 11 is 0. The van der Waals surface area contributed by atoms with Gasteiger partial charge >= 0.3 is 0 Å². The minimum atomic E-state index is 0.345. The van der Waals surface area contributed by atoms with Crippen LogP contribution in [0.2, 0.25) is 0 Å². The van der Waals surface area contributed by atoms with Crippen molar-refractivity contribution in [2.75, 3.05) is 17.2 Å². The summed E-state index contributed by atoms with van der Waals surface area (Å²) in [5.74, 6) is 0. The fourth-order valence-electron chi connectivity index (χ4n) is 2.64. The predicted molar refractivity (Wildman–Crippen MR) is 70.7 cm³/mol. The van der Waals surface area contributed by atoms with Crippen LogP contribution in [0.5, 0.6) is 0 Å². The highest BCUT2D eigenvalue weighted by atomic mass is 15.2. The first-order valence-electron chi connectivity index (χ1n) is 6.10. The van der Waals surface area contributed by atoms with E-state index in [2.05, 4.69) is 37.8 Å². The van der Waals surface area contributed by atoms with Crippen LogP contribution in [0.3, 0.4) is 0 Å². The van der Waals surface area contributed by atoms with E-state index in [0.29, 0.717) is 11.5 Å². The molecule has 1 saturated heterocycles. The monoisotopic (exact) mass is 218 g/mol. The minimum absolute atomic E-state index is 0.345. The molecule has 0 aromatic heterocycles. The number of hydrogen-bond acceptors (Lipinski definition) is 2. The fourth-order valence-corrected chi connectivity index (χ4v) is 2.64. The van der Waals surface area contributed by atoms with Gasteiger partial charge in [-0.15, -0.1) is 0 Å². The molecule has 1 atom stereocenters. The molecular formula is C14H22N2. The zero-order chi connectivity index (χ0) is 11.8. The third-order valence-electron chi connectivity index (χ3n) is 3.48. The second-order valence-corrected chi connectivity index (χ2v) is 5.81. The van der Waals surface area contributed by atoms with E-state index < -0.39 is 0 Å². The summed E-state index contributed by atoms with van der Waals surface area (Å²) < 4.78 is 0. The molecule has 1 unspecified atom stereocenters. The van der Waals surface area contributed by atoms with Gasteiger partial charge in [-0.1, -0.05) is 20.8 Å². The molecule has 0 spiro atoms. The van der Waals surface area contributed by atoms with Gasteiger partial charge in [0.05, 0.1) is 0 Å². The van der Waals surface area contributed by atoms with Crippen molar-refractivity contribution in [2.45, 2.75) is 39.7 Å². The van der Waals surface area contributed by atoms with E-state index in [1.54, 1.807) is 0 Å². The molecule has 2 rings (SSSR count). The lowest BCUT2D eigenvalue weighted by molar-refractivity contribution is 0.320. The van der Waals surface area contributed by atoms with E-state index in [1.807, 2.05) is 12.1 Å². The van der Waals surface area contributed by atoms with Crippen LogP contribution in [0.15, 0.2) is 24.3 Å². The molecule has 0 saturated carbocycles.